The fourth-order valence-electron chi connectivity index (χ4n) is 5.64. The molecule has 2 amide bonds. The van der Waals surface area contributed by atoms with Gasteiger partial charge in [0.2, 0.25) is 11.8 Å². The monoisotopic (exact) mass is 553 g/mol. The van der Waals surface area contributed by atoms with Crippen molar-refractivity contribution in [3.05, 3.63) is 101 Å². The van der Waals surface area contributed by atoms with Crippen molar-refractivity contribution < 1.29 is 24.2 Å². The number of carbonyl (C=O) groups is 3. The molecule has 0 saturated heterocycles. The van der Waals surface area contributed by atoms with Crippen LogP contribution in [0.3, 0.4) is 0 Å². The molecule has 8 heteroatoms. The van der Waals surface area contributed by atoms with Crippen molar-refractivity contribution in [3.8, 4) is 0 Å². The molecular weight excluding hydrogens is 518 g/mol. The highest BCUT2D eigenvalue weighted by Gasteiger charge is 2.32. The second-order valence-corrected chi connectivity index (χ2v) is 10.7. The highest BCUT2D eigenvalue weighted by Crippen LogP contribution is 2.38. The van der Waals surface area contributed by atoms with Crippen LogP contribution in [0.1, 0.15) is 66.7 Å². The molecule has 1 atom stereocenters. The van der Waals surface area contributed by atoms with E-state index in [1.54, 1.807) is 0 Å². The molecule has 41 heavy (non-hydrogen) atoms. The molecule has 1 fully saturated rings. The Balaban J connectivity index is 1.29. The maximum atomic E-state index is 13.7. The van der Waals surface area contributed by atoms with E-state index in [1.807, 2.05) is 78.9 Å². The fourth-order valence-corrected chi connectivity index (χ4v) is 5.64. The molecule has 3 aromatic rings. The molecule has 0 bridgehead atoms. The molecule has 0 aromatic heterocycles. The first-order valence-corrected chi connectivity index (χ1v) is 14.2. The molecule has 1 heterocycles. The van der Waals surface area contributed by atoms with Crippen molar-refractivity contribution in [3.63, 3.8) is 0 Å². The van der Waals surface area contributed by atoms with Gasteiger partial charge in [0, 0.05) is 17.7 Å². The van der Waals surface area contributed by atoms with Gasteiger partial charge in [0.05, 0.1) is 12.5 Å². The maximum absolute atomic E-state index is 13.7. The van der Waals surface area contributed by atoms with Gasteiger partial charge in [-0.25, -0.2) is 5.01 Å². The first-order chi connectivity index (χ1) is 20.0. The van der Waals surface area contributed by atoms with Crippen molar-refractivity contribution in [2.24, 2.45) is 11.0 Å². The quantitative estimate of drug-likeness (QED) is 0.315. The zero-order valence-corrected chi connectivity index (χ0v) is 23.0. The van der Waals surface area contributed by atoms with E-state index in [2.05, 4.69) is 10.4 Å². The number of carbonyl (C=O) groups excluding carboxylic acids is 2. The van der Waals surface area contributed by atoms with E-state index in [0.29, 0.717) is 25.3 Å². The normalized spacial score (nSPS) is 16.1. The van der Waals surface area contributed by atoms with Crippen molar-refractivity contribution in [2.45, 2.75) is 57.4 Å². The Morgan fingerprint density at radius 2 is 1.73 bits per heavy atom. The molecular formula is C33H35N3O5. The number of amides is 2. The molecule has 8 nitrogen and oxygen atoms in total. The first kappa shape index (κ1) is 28.1. The van der Waals surface area contributed by atoms with Gasteiger partial charge in [0.15, 0.2) is 6.61 Å². The number of hydrazone groups is 1. The standard InChI is InChI=1S/C33H35N3O5/c37-29-22-41-33(27-12-2-1-3-13-27)35-36(29)21-24-16-18-26(19-17-24)31(25-10-4-5-11-25)32(40)34-28-14-6-8-23(20-28)9-7-15-30(38)39/h1-3,6,8,12-14,16-20,25,31H,4-5,7,9-11,15,21-22H2,(H,34,40)(H,38,39). The van der Waals surface area contributed by atoms with Crippen LogP contribution in [0.4, 0.5) is 5.69 Å². The summed E-state index contributed by atoms with van der Waals surface area (Å²) in [4.78, 5) is 37.0. The van der Waals surface area contributed by atoms with Crippen molar-refractivity contribution in [1.82, 2.24) is 5.01 Å². The molecule has 1 aliphatic carbocycles. The average Bonchev–Trinajstić information content (AvgIpc) is 3.50. The van der Waals surface area contributed by atoms with E-state index in [4.69, 9.17) is 9.84 Å². The molecule has 5 rings (SSSR count). The van der Waals surface area contributed by atoms with E-state index in [1.165, 1.54) is 5.01 Å². The number of benzene rings is 3. The minimum atomic E-state index is -0.805. The summed E-state index contributed by atoms with van der Waals surface area (Å²) in [5.41, 5.74) is 4.41. The largest absolute Gasteiger partial charge is 0.481 e. The lowest BCUT2D eigenvalue weighted by Crippen LogP contribution is -2.36. The summed E-state index contributed by atoms with van der Waals surface area (Å²) in [6.45, 7) is 0.254. The third-order valence-electron chi connectivity index (χ3n) is 7.73. The third kappa shape index (κ3) is 7.39. The lowest BCUT2D eigenvalue weighted by molar-refractivity contribution is -0.137. The predicted molar refractivity (Wildman–Crippen MR) is 156 cm³/mol. The number of rotatable bonds is 11. The van der Waals surface area contributed by atoms with Gasteiger partial charge in [0.1, 0.15) is 0 Å². The number of carboxylic acid groups (broad SMARTS) is 1. The minimum Gasteiger partial charge on any atom is -0.481 e. The average molecular weight is 554 g/mol. The Bertz CT molecular complexity index is 1400. The summed E-state index contributed by atoms with van der Waals surface area (Å²) in [5, 5.41) is 17.9. The van der Waals surface area contributed by atoms with Crippen molar-refractivity contribution in [1.29, 1.82) is 0 Å². The van der Waals surface area contributed by atoms with Crippen LogP contribution in [0.2, 0.25) is 0 Å². The topological polar surface area (TPSA) is 108 Å². The number of hydrogen-bond donors (Lipinski definition) is 2. The van der Waals surface area contributed by atoms with Gasteiger partial charge >= 0.3 is 5.97 Å². The maximum Gasteiger partial charge on any atom is 0.303 e. The SMILES string of the molecule is O=C(O)CCCc1cccc(NC(=O)C(c2ccc(CN3N=C(c4ccccc4)OCC3=O)cc2)C2CCCC2)c1. The van der Waals surface area contributed by atoms with E-state index in [0.717, 1.165) is 53.6 Å². The van der Waals surface area contributed by atoms with Crippen LogP contribution in [0.15, 0.2) is 84.0 Å². The Kier molecular flexibility index (Phi) is 9.08. The molecule has 0 radical (unpaired) electrons. The van der Waals surface area contributed by atoms with Gasteiger partial charge in [-0.15, -0.1) is 5.10 Å². The summed E-state index contributed by atoms with van der Waals surface area (Å²) in [5.74, 6) is -0.643. The molecule has 1 aliphatic heterocycles. The van der Waals surface area contributed by atoms with E-state index >= 15 is 0 Å². The number of ether oxygens (including phenoxy) is 1. The number of aryl methyl sites for hydroxylation is 1. The van der Waals surface area contributed by atoms with Gasteiger partial charge in [-0.2, -0.15) is 0 Å². The van der Waals surface area contributed by atoms with Crippen LogP contribution in [0.5, 0.6) is 0 Å². The molecule has 1 saturated carbocycles. The summed E-state index contributed by atoms with van der Waals surface area (Å²) >= 11 is 0. The van der Waals surface area contributed by atoms with E-state index < -0.39 is 5.97 Å². The summed E-state index contributed by atoms with van der Waals surface area (Å²) in [6, 6.07) is 25.1. The van der Waals surface area contributed by atoms with Crippen LogP contribution < -0.4 is 5.32 Å². The van der Waals surface area contributed by atoms with Crippen LogP contribution in [0.25, 0.3) is 0 Å². The van der Waals surface area contributed by atoms with Crippen molar-refractivity contribution >= 4 is 29.4 Å². The second-order valence-electron chi connectivity index (χ2n) is 10.7. The number of aliphatic carboxylic acids is 1. The second kappa shape index (κ2) is 13.3. The van der Waals surface area contributed by atoms with Crippen LogP contribution in [0, 0.1) is 5.92 Å². The van der Waals surface area contributed by atoms with Gasteiger partial charge in [-0.1, -0.05) is 67.4 Å². The summed E-state index contributed by atoms with van der Waals surface area (Å²) < 4.78 is 5.55. The Morgan fingerprint density at radius 3 is 2.46 bits per heavy atom. The van der Waals surface area contributed by atoms with Gasteiger partial charge in [0.25, 0.3) is 5.91 Å². The molecule has 212 valence electrons. The lowest BCUT2D eigenvalue weighted by Gasteiger charge is -2.25. The van der Waals surface area contributed by atoms with Crippen LogP contribution in [-0.4, -0.2) is 40.4 Å². The number of hydrogen-bond acceptors (Lipinski definition) is 5. The Morgan fingerprint density at radius 1 is 0.976 bits per heavy atom. The van der Waals surface area contributed by atoms with Crippen LogP contribution in [-0.2, 0) is 32.1 Å². The van der Waals surface area contributed by atoms with E-state index in [-0.39, 0.29) is 36.7 Å². The smallest absolute Gasteiger partial charge is 0.303 e. The minimum absolute atomic E-state index is 0.0344. The van der Waals surface area contributed by atoms with Crippen molar-refractivity contribution in [2.75, 3.05) is 11.9 Å². The van der Waals surface area contributed by atoms with Gasteiger partial charge < -0.3 is 15.2 Å². The van der Waals surface area contributed by atoms with E-state index in [9.17, 15) is 14.4 Å². The highest BCUT2D eigenvalue weighted by atomic mass is 16.5. The molecule has 3 aromatic carbocycles. The number of carboxylic acids is 1. The highest BCUT2D eigenvalue weighted by molar-refractivity contribution is 5.98. The zero-order chi connectivity index (χ0) is 28.6. The Labute approximate surface area is 240 Å². The number of anilines is 1. The summed E-state index contributed by atoms with van der Waals surface area (Å²) in [7, 11) is 0. The molecule has 2 N–H and O–H groups in total. The lowest BCUT2D eigenvalue weighted by atomic mass is 9.83. The predicted octanol–water partition coefficient (Wildman–Crippen LogP) is 5.73. The number of nitrogens with one attached hydrogen (secondary N) is 1. The molecule has 0 spiro atoms. The summed E-state index contributed by atoms with van der Waals surface area (Å²) in [6.07, 6.45) is 5.57. The Hall–Kier alpha value is -4.46. The first-order valence-electron chi connectivity index (χ1n) is 14.2. The van der Waals surface area contributed by atoms with Gasteiger partial charge in [-0.05, 0) is 72.6 Å². The van der Waals surface area contributed by atoms with Gasteiger partial charge in [-0.3, -0.25) is 14.4 Å². The fraction of sp³-hybridized carbons (Fsp3) is 0.333. The third-order valence-corrected chi connectivity index (χ3v) is 7.73. The van der Waals surface area contributed by atoms with Crippen LogP contribution >= 0.6 is 0 Å². The number of nitrogens with zero attached hydrogens (tertiary/aromatic N) is 2. The molecule has 1 unspecified atom stereocenters. The zero-order valence-electron chi connectivity index (χ0n) is 23.0. The molecule has 2 aliphatic rings.